The van der Waals surface area contributed by atoms with Gasteiger partial charge in [-0.2, -0.15) is 11.8 Å². The van der Waals surface area contributed by atoms with Crippen LogP contribution in [-0.2, 0) is 9.78 Å². The van der Waals surface area contributed by atoms with Crippen LogP contribution in [0, 0.1) is 0 Å². The van der Waals surface area contributed by atoms with Crippen LogP contribution in [0.25, 0.3) is 0 Å². The monoisotopic (exact) mass is 288 g/mol. The van der Waals surface area contributed by atoms with E-state index in [-0.39, 0.29) is 0 Å². The van der Waals surface area contributed by atoms with E-state index in [4.69, 9.17) is 4.89 Å². The molecule has 0 fully saturated rings. The maximum Gasteiger partial charge on any atom is 0.0822 e. The molecule has 0 amide bonds. The Morgan fingerprint density at radius 1 is 0.947 bits per heavy atom. The van der Waals surface area contributed by atoms with Gasteiger partial charge in [-0.05, 0) is 31.9 Å². The number of unbranched alkanes of at least 4 members (excludes halogenated alkanes) is 7. The first kappa shape index (κ1) is 19.0. The molecule has 0 N–H and O–H groups in total. The molecular weight excluding hydrogens is 256 g/mol. The summed E-state index contributed by atoms with van der Waals surface area (Å²) in [7, 11) is 1.57. The highest BCUT2D eigenvalue weighted by molar-refractivity contribution is 7.99. The zero-order valence-corrected chi connectivity index (χ0v) is 13.8. The number of hydrogen-bond acceptors (Lipinski definition) is 3. The highest BCUT2D eigenvalue weighted by Crippen LogP contribution is 2.11. The molecule has 0 aromatic rings. The molecule has 19 heavy (non-hydrogen) atoms. The second kappa shape index (κ2) is 16.1. The van der Waals surface area contributed by atoms with E-state index in [1.54, 1.807) is 7.11 Å². The summed E-state index contributed by atoms with van der Waals surface area (Å²) in [5.74, 6) is 0. The third-order valence-electron chi connectivity index (χ3n) is 3.25. The van der Waals surface area contributed by atoms with Crippen molar-refractivity contribution in [3.63, 3.8) is 0 Å². The van der Waals surface area contributed by atoms with Crippen LogP contribution in [0.2, 0.25) is 0 Å². The van der Waals surface area contributed by atoms with E-state index in [9.17, 15) is 0 Å². The van der Waals surface area contributed by atoms with Gasteiger partial charge in [0, 0.05) is 5.25 Å². The molecule has 0 radical (unpaired) electrons. The van der Waals surface area contributed by atoms with Gasteiger partial charge in [0.25, 0.3) is 0 Å². The van der Waals surface area contributed by atoms with Crippen molar-refractivity contribution in [2.45, 2.75) is 70.0 Å². The lowest BCUT2D eigenvalue weighted by Crippen LogP contribution is -1.92. The van der Waals surface area contributed by atoms with Gasteiger partial charge in [-0.1, -0.05) is 51.2 Å². The third kappa shape index (κ3) is 16.0. The molecule has 0 aromatic heterocycles. The molecule has 0 saturated carbocycles. The smallest absolute Gasteiger partial charge is 0.0822 e. The molecule has 0 saturated heterocycles. The van der Waals surface area contributed by atoms with Crippen LogP contribution in [0.3, 0.4) is 0 Å². The first-order valence-electron chi connectivity index (χ1n) is 7.64. The van der Waals surface area contributed by atoms with Crippen molar-refractivity contribution in [1.82, 2.24) is 0 Å². The molecular formula is C16H32O2S. The molecule has 2 nitrogen and oxygen atoms in total. The fourth-order valence-corrected chi connectivity index (χ4v) is 2.20. The van der Waals surface area contributed by atoms with Crippen LogP contribution in [0.1, 0.15) is 64.7 Å². The SMILES string of the molecule is COOCCCCCCCCC/C=C/CC(C)SC. The van der Waals surface area contributed by atoms with Crippen molar-refractivity contribution in [1.29, 1.82) is 0 Å². The maximum absolute atomic E-state index is 4.83. The van der Waals surface area contributed by atoms with E-state index in [1.165, 1.54) is 51.4 Å². The van der Waals surface area contributed by atoms with Gasteiger partial charge in [-0.25, -0.2) is 9.78 Å². The summed E-state index contributed by atoms with van der Waals surface area (Å²) in [6.07, 6.45) is 18.5. The van der Waals surface area contributed by atoms with Crippen molar-refractivity contribution in [3.8, 4) is 0 Å². The molecule has 0 heterocycles. The molecule has 0 bridgehead atoms. The van der Waals surface area contributed by atoms with E-state index in [0.29, 0.717) is 0 Å². The van der Waals surface area contributed by atoms with Gasteiger partial charge in [0.1, 0.15) is 0 Å². The van der Waals surface area contributed by atoms with Crippen LogP contribution in [0.5, 0.6) is 0 Å². The van der Waals surface area contributed by atoms with Crippen molar-refractivity contribution in [2.75, 3.05) is 20.0 Å². The Labute approximate surface area is 124 Å². The van der Waals surface area contributed by atoms with E-state index in [0.717, 1.165) is 18.3 Å². The fourth-order valence-electron chi connectivity index (χ4n) is 1.89. The maximum atomic E-state index is 4.83. The quantitative estimate of drug-likeness (QED) is 0.185. The lowest BCUT2D eigenvalue weighted by atomic mass is 10.1. The van der Waals surface area contributed by atoms with Gasteiger partial charge < -0.3 is 0 Å². The van der Waals surface area contributed by atoms with Crippen LogP contribution < -0.4 is 0 Å². The Kier molecular flexibility index (Phi) is 16.1. The standard InChI is InChI=1S/C16H32O2S/c1-16(19-3)14-12-10-8-6-4-5-7-9-11-13-15-18-17-2/h10,12,16H,4-9,11,13-15H2,1-3H3/b12-10+. The van der Waals surface area contributed by atoms with Crippen LogP contribution in [0.15, 0.2) is 12.2 Å². The van der Waals surface area contributed by atoms with Gasteiger partial charge in [-0.15, -0.1) is 0 Å². The predicted molar refractivity (Wildman–Crippen MR) is 86.6 cm³/mol. The third-order valence-corrected chi connectivity index (χ3v) is 4.25. The summed E-state index contributed by atoms with van der Waals surface area (Å²) in [6, 6.07) is 0. The molecule has 1 atom stereocenters. The number of allylic oxidation sites excluding steroid dienone is 2. The molecule has 0 spiro atoms. The second-order valence-corrected chi connectivity index (χ2v) is 6.28. The summed E-state index contributed by atoms with van der Waals surface area (Å²) >= 11 is 1.94. The average molecular weight is 288 g/mol. The molecule has 114 valence electrons. The normalized spacial score (nSPS) is 13.2. The molecule has 0 aromatic carbocycles. The minimum absolute atomic E-state index is 0.732. The predicted octanol–water partition coefficient (Wildman–Crippen LogP) is 5.38. The van der Waals surface area contributed by atoms with E-state index < -0.39 is 0 Å². The van der Waals surface area contributed by atoms with Crippen molar-refractivity contribution in [3.05, 3.63) is 12.2 Å². The summed E-state index contributed by atoms with van der Waals surface area (Å²) in [5, 5.41) is 0.762. The summed E-state index contributed by atoms with van der Waals surface area (Å²) in [5.41, 5.74) is 0. The summed E-state index contributed by atoms with van der Waals surface area (Å²) in [6.45, 7) is 3.02. The van der Waals surface area contributed by atoms with Gasteiger partial charge in [0.2, 0.25) is 0 Å². The fraction of sp³-hybridized carbons (Fsp3) is 0.875. The van der Waals surface area contributed by atoms with Gasteiger partial charge in [-0.3, -0.25) is 0 Å². The number of rotatable bonds is 14. The average Bonchev–Trinajstić information content (AvgIpc) is 2.43. The minimum Gasteiger partial charge on any atom is -0.240 e. The van der Waals surface area contributed by atoms with E-state index in [1.807, 2.05) is 11.8 Å². The van der Waals surface area contributed by atoms with Crippen molar-refractivity contribution < 1.29 is 9.78 Å². The lowest BCUT2D eigenvalue weighted by molar-refractivity contribution is -0.272. The molecule has 0 aliphatic rings. The first-order chi connectivity index (χ1) is 9.31. The van der Waals surface area contributed by atoms with Crippen LogP contribution in [0.4, 0.5) is 0 Å². The van der Waals surface area contributed by atoms with E-state index >= 15 is 0 Å². The van der Waals surface area contributed by atoms with E-state index in [2.05, 4.69) is 30.2 Å². The van der Waals surface area contributed by atoms with Gasteiger partial charge >= 0.3 is 0 Å². The molecule has 3 heteroatoms. The zero-order chi connectivity index (χ0) is 14.2. The largest absolute Gasteiger partial charge is 0.240 e. The van der Waals surface area contributed by atoms with Gasteiger partial charge in [0.05, 0.1) is 13.7 Å². The lowest BCUT2D eigenvalue weighted by Gasteiger charge is -2.02. The summed E-state index contributed by atoms with van der Waals surface area (Å²) in [4.78, 5) is 9.38. The highest BCUT2D eigenvalue weighted by atomic mass is 32.2. The highest BCUT2D eigenvalue weighted by Gasteiger charge is 1.94. The number of thioether (sulfide) groups is 1. The topological polar surface area (TPSA) is 18.5 Å². The van der Waals surface area contributed by atoms with Gasteiger partial charge in [0.15, 0.2) is 0 Å². The molecule has 1 unspecified atom stereocenters. The summed E-state index contributed by atoms with van der Waals surface area (Å²) < 4.78 is 0. The van der Waals surface area contributed by atoms with Crippen molar-refractivity contribution in [2.24, 2.45) is 0 Å². The Bertz CT molecular complexity index is 195. The van der Waals surface area contributed by atoms with Crippen LogP contribution in [-0.4, -0.2) is 25.2 Å². The Balaban J connectivity index is 3.06. The second-order valence-electron chi connectivity index (χ2n) is 5.01. The Morgan fingerprint density at radius 2 is 1.58 bits per heavy atom. The van der Waals surface area contributed by atoms with Crippen LogP contribution >= 0.6 is 11.8 Å². The molecule has 0 aliphatic carbocycles. The Hall–Kier alpha value is 0.01000. The molecule has 0 rings (SSSR count). The zero-order valence-electron chi connectivity index (χ0n) is 13.0. The first-order valence-corrected chi connectivity index (χ1v) is 8.93. The van der Waals surface area contributed by atoms with Crippen molar-refractivity contribution >= 4 is 11.8 Å². The Morgan fingerprint density at radius 3 is 2.21 bits per heavy atom. The number of hydrogen-bond donors (Lipinski definition) is 0. The molecule has 0 aliphatic heterocycles. The minimum atomic E-state index is 0.732.